The fraction of sp³-hybridized carbons (Fsp3) is 0.273. The number of hydrogen-bond acceptors (Lipinski definition) is 3. The van der Waals surface area contributed by atoms with Gasteiger partial charge in [0.05, 0.1) is 12.0 Å². The fourth-order valence-corrected chi connectivity index (χ4v) is 2.74. The van der Waals surface area contributed by atoms with Gasteiger partial charge in [-0.3, -0.25) is 0 Å². The minimum absolute atomic E-state index is 0.543. The van der Waals surface area contributed by atoms with Gasteiger partial charge in [0.1, 0.15) is 5.75 Å². The fourth-order valence-electron chi connectivity index (χ4n) is 1.59. The normalized spacial score (nSPS) is 10.8. The number of rotatable bonds is 2. The number of benzene rings is 1. The van der Waals surface area contributed by atoms with Gasteiger partial charge in [-0.2, -0.15) is 0 Å². The van der Waals surface area contributed by atoms with Crippen LogP contribution in [0.25, 0.3) is 10.1 Å². The van der Waals surface area contributed by atoms with Crippen LogP contribution in [0.4, 0.5) is 0 Å². The van der Waals surface area contributed by atoms with E-state index in [4.69, 9.17) is 10.5 Å². The van der Waals surface area contributed by atoms with Crippen LogP contribution in [0.1, 0.15) is 10.4 Å². The summed E-state index contributed by atoms with van der Waals surface area (Å²) in [5.74, 6) is 0.938. The topological polar surface area (TPSA) is 35.2 Å². The van der Waals surface area contributed by atoms with Crippen molar-refractivity contribution in [3.05, 3.63) is 28.6 Å². The zero-order valence-electron chi connectivity index (χ0n) is 8.33. The highest BCUT2D eigenvalue weighted by Gasteiger charge is 2.10. The summed E-state index contributed by atoms with van der Waals surface area (Å²) >= 11 is 1.71. The predicted molar refractivity (Wildman–Crippen MR) is 61.0 cm³/mol. The molecule has 1 aromatic carbocycles. The van der Waals surface area contributed by atoms with Crippen LogP contribution in [0.2, 0.25) is 0 Å². The molecule has 14 heavy (non-hydrogen) atoms. The first kappa shape index (κ1) is 9.49. The second kappa shape index (κ2) is 3.59. The summed E-state index contributed by atoms with van der Waals surface area (Å²) in [6.45, 7) is 2.63. The van der Waals surface area contributed by atoms with Crippen molar-refractivity contribution in [3.63, 3.8) is 0 Å². The van der Waals surface area contributed by atoms with E-state index in [2.05, 4.69) is 25.1 Å². The average molecular weight is 207 g/mol. The summed E-state index contributed by atoms with van der Waals surface area (Å²) in [7, 11) is 1.69. The molecule has 2 aromatic rings. The van der Waals surface area contributed by atoms with E-state index < -0.39 is 0 Å². The predicted octanol–water partition coefficient (Wildman–Crippen LogP) is 2.68. The van der Waals surface area contributed by atoms with Crippen LogP contribution in [-0.2, 0) is 6.54 Å². The Morgan fingerprint density at radius 3 is 2.86 bits per heavy atom. The van der Waals surface area contributed by atoms with Gasteiger partial charge in [0.15, 0.2) is 0 Å². The molecule has 2 N–H and O–H groups in total. The van der Waals surface area contributed by atoms with Gasteiger partial charge in [-0.15, -0.1) is 11.3 Å². The molecule has 0 aliphatic rings. The van der Waals surface area contributed by atoms with Crippen LogP contribution in [0, 0.1) is 6.92 Å². The third-order valence-corrected chi connectivity index (χ3v) is 3.41. The summed E-state index contributed by atoms with van der Waals surface area (Å²) in [6, 6.07) is 6.36. The van der Waals surface area contributed by atoms with Crippen LogP contribution in [-0.4, -0.2) is 7.11 Å². The number of aryl methyl sites for hydroxylation is 1. The number of hydrogen-bond donors (Lipinski definition) is 1. The van der Waals surface area contributed by atoms with Crippen molar-refractivity contribution in [2.45, 2.75) is 13.5 Å². The van der Waals surface area contributed by atoms with Gasteiger partial charge >= 0.3 is 0 Å². The zero-order chi connectivity index (χ0) is 10.1. The summed E-state index contributed by atoms with van der Waals surface area (Å²) in [5.41, 5.74) is 6.93. The summed E-state index contributed by atoms with van der Waals surface area (Å²) < 4.78 is 6.61. The highest BCUT2D eigenvalue weighted by Crippen LogP contribution is 2.37. The molecule has 0 amide bonds. The smallest absolute Gasteiger partial charge is 0.141 e. The molecule has 0 atom stereocenters. The third kappa shape index (κ3) is 1.38. The minimum atomic E-state index is 0.543. The number of ether oxygens (including phenoxy) is 1. The number of nitrogens with two attached hydrogens (primary N) is 1. The Kier molecular flexibility index (Phi) is 2.44. The van der Waals surface area contributed by atoms with E-state index in [1.807, 2.05) is 0 Å². The van der Waals surface area contributed by atoms with Gasteiger partial charge in [-0.05, 0) is 24.6 Å². The summed E-state index contributed by atoms with van der Waals surface area (Å²) in [5, 5.41) is 1.17. The maximum absolute atomic E-state index is 5.66. The lowest BCUT2D eigenvalue weighted by Gasteiger charge is -1.99. The van der Waals surface area contributed by atoms with E-state index in [1.165, 1.54) is 15.6 Å². The van der Waals surface area contributed by atoms with E-state index in [0.717, 1.165) is 10.6 Å². The quantitative estimate of drug-likeness (QED) is 0.821. The van der Waals surface area contributed by atoms with Gasteiger partial charge in [-0.1, -0.05) is 6.07 Å². The van der Waals surface area contributed by atoms with E-state index in [1.54, 1.807) is 18.4 Å². The Bertz CT molecular complexity index is 462. The Labute approximate surface area is 87.3 Å². The first-order valence-corrected chi connectivity index (χ1v) is 5.34. The van der Waals surface area contributed by atoms with Gasteiger partial charge < -0.3 is 10.5 Å². The average Bonchev–Trinajstić information content (AvgIpc) is 2.54. The Balaban J connectivity index is 2.73. The second-order valence-corrected chi connectivity index (χ2v) is 4.40. The van der Waals surface area contributed by atoms with E-state index >= 15 is 0 Å². The lowest BCUT2D eigenvalue weighted by molar-refractivity contribution is 0.417. The maximum atomic E-state index is 5.66. The van der Waals surface area contributed by atoms with Crippen molar-refractivity contribution >= 4 is 21.4 Å². The van der Waals surface area contributed by atoms with Crippen LogP contribution >= 0.6 is 11.3 Å². The van der Waals surface area contributed by atoms with Crippen molar-refractivity contribution in [2.75, 3.05) is 7.11 Å². The van der Waals surface area contributed by atoms with Crippen molar-refractivity contribution < 1.29 is 4.74 Å². The molecule has 0 aliphatic carbocycles. The Hall–Kier alpha value is -1.06. The van der Waals surface area contributed by atoms with E-state index in [9.17, 15) is 0 Å². The molecule has 0 saturated carbocycles. The van der Waals surface area contributed by atoms with Gasteiger partial charge in [0.2, 0.25) is 0 Å². The molecule has 2 nitrogen and oxygen atoms in total. The molecule has 0 saturated heterocycles. The maximum Gasteiger partial charge on any atom is 0.141 e. The first-order chi connectivity index (χ1) is 6.76. The molecule has 74 valence electrons. The highest BCUT2D eigenvalue weighted by molar-refractivity contribution is 7.19. The molecule has 0 fully saturated rings. The van der Waals surface area contributed by atoms with Crippen LogP contribution < -0.4 is 10.5 Å². The minimum Gasteiger partial charge on any atom is -0.495 e. The molecule has 0 unspecified atom stereocenters. The van der Waals surface area contributed by atoms with Gasteiger partial charge in [0.25, 0.3) is 0 Å². The molecular weight excluding hydrogens is 194 g/mol. The number of methoxy groups -OCH3 is 1. The summed E-state index contributed by atoms with van der Waals surface area (Å²) in [6.07, 6.45) is 0. The number of fused-ring (bicyclic) bond motifs is 1. The van der Waals surface area contributed by atoms with Gasteiger partial charge in [0, 0.05) is 16.6 Å². The van der Waals surface area contributed by atoms with Crippen molar-refractivity contribution in [1.82, 2.24) is 0 Å². The molecule has 0 radical (unpaired) electrons. The lowest BCUT2D eigenvalue weighted by atomic mass is 10.2. The SMILES string of the molecule is COc1c(CN)sc2cc(C)ccc12. The largest absolute Gasteiger partial charge is 0.495 e. The molecule has 3 heteroatoms. The van der Waals surface area contributed by atoms with Crippen LogP contribution in [0.3, 0.4) is 0 Å². The Morgan fingerprint density at radius 1 is 1.43 bits per heavy atom. The second-order valence-electron chi connectivity index (χ2n) is 3.26. The molecule has 0 spiro atoms. The van der Waals surface area contributed by atoms with Crippen molar-refractivity contribution in [3.8, 4) is 5.75 Å². The molecule has 1 aromatic heterocycles. The van der Waals surface area contributed by atoms with Crippen LogP contribution in [0.15, 0.2) is 18.2 Å². The standard InChI is InChI=1S/C11H13NOS/c1-7-3-4-8-9(5-7)14-10(6-12)11(8)13-2/h3-5H,6,12H2,1-2H3. The lowest BCUT2D eigenvalue weighted by Crippen LogP contribution is -1.95. The van der Waals surface area contributed by atoms with Gasteiger partial charge in [-0.25, -0.2) is 0 Å². The van der Waals surface area contributed by atoms with Crippen molar-refractivity contribution in [1.29, 1.82) is 0 Å². The number of thiophene rings is 1. The molecule has 2 rings (SSSR count). The molecule has 1 heterocycles. The summed E-state index contributed by atoms with van der Waals surface area (Å²) in [4.78, 5) is 1.12. The zero-order valence-corrected chi connectivity index (χ0v) is 9.15. The van der Waals surface area contributed by atoms with E-state index in [-0.39, 0.29) is 0 Å². The Morgan fingerprint density at radius 2 is 2.21 bits per heavy atom. The van der Waals surface area contributed by atoms with E-state index in [0.29, 0.717) is 6.54 Å². The molecular formula is C11H13NOS. The highest BCUT2D eigenvalue weighted by atomic mass is 32.1. The first-order valence-electron chi connectivity index (χ1n) is 4.52. The molecule has 0 aliphatic heterocycles. The monoisotopic (exact) mass is 207 g/mol. The molecule has 0 bridgehead atoms. The van der Waals surface area contributed by atoms with Crippen LogP contribution in [0.5, 0.6) is 5.75 Å². The third-order valence-electron chi connectivity index (χ3n) is 2.26. The van der Waals surface area contributed by atoms with Crippen molar-refractivity contribution in [2.24, 2.45) is 5.73 Å².